The number of fused-ring (bicyclic) bond motifs is 3. The molecule has 0 saturated carbocycles. The predicted octanol–water partition coefficient (Wildman–Crippen LogP) is 3.53. The van der Waals surface area contributed by atoms with Gasteiger partial charge in [-0.3, -0.25) is 4.90 Å². The van der Waals surface area contributed by atoms with Gasteiger partial charge in [0.05, 0.1) is 22.5 Å². The van der Waals surface area contributed by atoms with Crippen LogP contribution in [0, 0.1) is 0 Å². The molecule has 3 nitrogen and oxygen atoms in total. The van der Waals surface area contributed by atoms with Crippen LogP contribution in [-0.2, 0) is 11.1 Å². The first-order chi connectivity index (χ1) is 8.78. The number of nitrogens with zero attached hydrogens (tertiary/aromatic N) is 3. The molecule has 0 spiro atoms. The van der Waals surface area contributed by atoms with Crippen molar-refractivity contribution >= 4 is 5.65 Å². The molecule has 19 heavy (non-hydrogen) atoms. The molecule has 0 atom stereocenters. The summed E-state index contributed by atoms with van der Waals surface area (Å²) in [7, 11) is 0. The monoisotopic (exact) mass is 257 g/mol. The van der Waals surface area contributed by atoms with Crippen LogP contribution < -0.4 is 0 Å². The van der Waals surface area contributed by atoms with Gasteiger partial charge in [0.2, 0.25) is 0 Å². The van der Waals surface area contributed by atoms with E-state index in [0.717, 1.165) is 5.65 Å². The fourth-order valence-electron chi connectivity index (χ4n) is 4.22. The molecule has 3 heterocycles. The van der Waals surface area contributed by atoms with Gasteiger partial charge in [-0.15, -0.1) is 0 Å². The minimum Gasteiger partial charge on any atom is -0.302 e. The first kappa shape index (κ1) is 12.7. The van der Waals surface area contributed by atoms with Crippen molar-refractivity contribution in [1.82, 2.24) is 14.3 Å². The van der Waals surface area contributed by atoms with E-state index in [1.54, 1.807) is 0 Å². The van der Waals surface area contributed by atoms with Crippen LogP contribution in [0.15, 0.2) is 24.4 Å². The van der Waals surface area contributed by atoms with E-state index in [1.165, 1.54) is 11.4 Å². The van der Waals surface area contributed by atoms with E-state index >= 15 is 0 Å². The minimum absolute atomic E-state index is 0.00618. The second-order valence-corrected chi connectivity index (χ2v) is 6.82. The van der Waals surface area contributed by atoms with E-state index in [1.807, 2.05) is 0 Å². The van der Waals surface area contributed by atoms with Crippen LogP contribution in [-0.4, -0.2) is 20.3 Å². The number of aromatic nitrogens is 2. The third-order valence-corrected chi connectivity index (χ3v) is 4.41. The summed E-state index contributed by atoms with van der Waals surface area (Å²) in [6.07, 6.45) is 2.13. The van der Waals surface area contributed by atoms with Crippen molar-refractivity contribution in [2.45, 2.75) is 58.7 Å². The first-order valence-corrected chi connectivity index (χ1v) is 7.05. The van der Waals surface area contributed by atoms with Gasteiger partial charge >= 0.3 is 0 Å². The second kappa shape index (κ2) is 3.60. The molecule has 0 aromatic carbocycles. The lowest BCUT2D eigenvalue weighted by molar-refractivity contribution is 0.00501. The number of hydrogen-bond donors (Lipinski definition) is 0. The summed E-state index contributed by atoms with van der Waals surface area (Å²) in [5.74, 6) is 0. The third kappa shape index (κ3) is 1.45. The van der Waals surface area contributed by atoms with Gasteiger partial charge in [0.1, 0.15) is 5.65 Å². The van der Waals surface area contributed by atoms with Gasteiger partial charge in [0, 0.05) is 12.2 Å². The van der Waals surface area contributed by atoms with Gasteiger partial charge in [0.15, 0.2) is 0 Å². The van der Waals surface area contributed by atoms with Gasteiger partial charge in [-0.05, 0) is 53.7 Å². The van der Waals surface area contributed by atoms with Gasteiger partial charge in [-0.2, -0.15) is 0 Å². The van der Waals surface area contributed by atoms with Crippen LogP contribution in [0.25, 0.3) is 5.65 Å². The Morgan fingerprint density at radius 3 is 2.37 bits per heavy atom. The van der Waals surface area contributed by atoms with Crippen molar-refractivity contribution in [2.24, 2.45) is 0 Å². The molecule has 102 valence electrons. The normalized spacial score (nSPS) is 21.2. The van der Waals surface area contributed by atoms with E-state index in [-0.39, 0.29) is 11.1 Å². The van der Waals surface area contributed by atoms with Crippen molar-refractivity contribution in [3.05, 3.63) is 35.8 Å². The van der Waals surface area contributed by atoms with Crippen LogP contribution in [0.5, 0.6) is 0 Å². The van der Waals surface area contributed by atoms with Crippen molar-refractivity contribution in [1.29, 1.82) is 0 Å². The molecule has 0 radical (unpaired) electrons. The van der Waals surface area contributed by atoms with Gasteiger partial charge < -0.3 is 4.40 Å². The smallest absolute Gasteiger partial charge is 0.137 e. The van der Waals surface area contributed by atoms with Gasteiger partial charge in [-0.25, -0.2) is 4.98 Å². The molecule has 1 aliphatic heterocycles. The molecule has 0 bridgehead atoms. The average molecular weight is 257 g/mol. The molecule has 0 N–H and O–H groups in total. The number of rotatable bonds is 1. The summed E-state index contributed by atoms with van der Waals surface area (Å²) in [6, 6.07) is 6.70. The molecule has 0 fully saturated rings. The molecular formula is C16H23N3. The maximum atomic E-state index is 4.90. The summed E-state index contributed by atoms with van der Waals surface area (Å²) < 4.78 is 2.25. The molecule has 0 saturated heterocycles. The Kier molecular flexibility index (Phi) is 2.40. The molecular weight excluding hydrogens is 234 g/mol. The van der Waals surface area contributed by atoms with Crippen molar-refractivity contribution in [3.63, 3.8) is 0 Å². The van der Waals surface area contributed by atoms with Crippen LogP contribution in [0.2, 0.25) is 0 Å². The van der Waals surface area contributed by atoms with Gasteiger partial charge in [0.25, 0.3) is 0 Å². The fourth-order valence-corrected chi connectivity index (χ4v) is 4.22. The van der Waals surface area contributed by atoms with E-state index in [2.05, 4.69) is 75.2 Å². The van der Waals surface area contributed by atoms with Crippen LogP contribution in [0.1, 0.15) is 52.9 Å². The fraction of sp³-hybridized carbons (Fsp3) is 0.562. The quantitative estimate of drug-likeness (QED) is 0.779. The zero-order valence-electron chi connectivity index (χ0n) is 12.7. The summed E-state index contributed by atoms with van der Waals surface area (Å²) in [4.78, 5) is 7.46. The third-order valence-electron chi connectivity index (χ3n) is 4.41. The first-order valence-electron chi connectivity index (χ1n) is 7.05. The Balaban J connectivity index is 2.36. The Morgan fingerprint density at radius 2 is 1.74 bits per heavy atom. The van der Waals surface area contributed by atoms with Crippen molar-refractivity contribution in [2.75, 3.05) is 0 Å². The van der Waals surface area contributed by atoms with Crippen molar-refractivity contribution in [3.8, 4) is 0 Å². The van der Waals surface area contributed by atoms with Crippen LogP contribution >= 0.6 is 0 Å². The van der Waals surface area contributed by atoms with E-state index in [0.29, 0.717) is 6.04 Å². The highest BCUT2D eigenvalue weighted by atomic mass is 15.3. The molecule has 2 aromatic heterocycles. The Morgan fingerprint density at radius 1 is 1.05 bits per heavy atom. The highest BCUT2D eigenvalue weighted by Crippen LogP contribution is 2.50. The molecule has 1 aliphatic rings. The van der Waals surface area contributed by atoms with E-state index in [4.69, 9.17) is 4.98 Å². The Hall–Kier alpha value is -1.35. The largest absolute Gasteiger partial charge is 0.302 e. The summed E-state index contributed by atoms with van der Waals surface area (Å²) in [5.41, 5.74) is 3.57. The summed E-state index contributed by atoms with van der Waals surface area (Å²) in [6.45, 7) is 13.7. The molecule has 2 aromatic rings. The highest BCUT2D eigenvalue weighted by molar-refractivity contribution is 5.49. The number of pyridine rings is 1. The SMILES string of the molecule is CC(C)N1C(C)(C)c2nc3ccccn3c2C1(C)C. The van der Waals surface area contributed by atoms with Crippen LogP contribution in [0.3, 0.4) is 0 Å². The topological polar surface area (TPSA) is 20.5 Å². The molecule has 0 aliphatic carbocycles. The average Bonchev–Trinajstić information content (AvgIpc) is 2.73. The lowest BCUT2D eigenvalue weighted by Gasteiger charge is -2.43. The maximum Gasteiger partial charge on any atom is 0.137 e. The van der Waals surface area contributed by atoms with Gasteiger partial charge in [-0.1, -0.05) is 6.07 Å². The number of imidazole rings is 1. The molecule has 0 amide bonds. The van der Waals surface area contributed by atoms with E-state index in [9.17, 15) is 0 Å². The zero-order chi connectivity index (χ0) is 14.0. The maximum absolute atomic E-state index is 4.90. The molecule has 3 rings (SSSR count). The van der Waals surface area contributed by atoms with E-state index < -0.39 is 0 Å². The minimum atomic E-state index is -0.0287. The highest BCUT2D eigenvalue weighted by Gasteiger charge is 2.53. The summed E-state index contributed by atoms with van der Waals surface area (Å²) in [5, 5.41) is 0. The lowest BCUT2D eigenvalue weighted by atomic mass is 9.99. The number of hydrogen-bond acceptors (Lipinski definition) is 2. The zero-order valence-corrected chi connectivity index (χ0v) is 12.7. The second-order valence-electron chi connectivity index (χ2n) is 6.82. The summed E-state index contributed by atoms with van der Waals surface area (Å²) >= 11 is 0. The molecule has 0 unspecified atom stereocenters. The van der Waals surface area contributed by atoms with Crippen molar-refractivity contribution < 1.29 is 0 Å². The predicted molar refractivity (Wildman–Crippen MR) is 78.2 cm³/mol. The molecule has 3 heteroatoms. The van der Waals surface area contributed by atoms with Crippen LogP contribution in [0.4, 0.5) is 0 Å². The Bertz CT molecular complexity index is 634. The standard InChI is InChI=1S/C16H23N3/c1-11(2)19-15(3,4)13-14(16(19,5)6)18-10-8-7-9-12(18)17-13/h7-11H,1-6H3. The Labute approximate surface area is 115 Å². The lowest BCUT2D eigenvalue weighted by Crippen LogP contribution is -2.50.